The minimum atomic E-state index is 0.372. The van der Waals surface area contributed by atoms with Crippen molar-refractivity contribution in [1.82, 2.24) is 29.4 Å². The first-order chi connectivity index (χ1) is 8.59. The molecule has 92 valence electrons. The molecule has 0 unspecified atom stereocenters. The Kier molecular flexibility index (Phi) is 2.60. The van der Waals surface area contributed by atoms with Crippen LogP contribution in [0.1, 0.15) is 5.82 Å². The zero-order chi connectivity index (χ0) is 12.9. The largest absolute Gasteiger partial charge is 0.261 e. The average molecular weight is 328 g/mol. The topological polar surface area (TPSA) is 60.9 Å². The Morgan fingerprint density at radius 2 is 2.11 bits per heavy atom. The van der Waals surface area contributed by atoms with Crippen molar-refractivity contribution in [1.29, 1.82) is 0 Å². The molecule has 0 saturated carbocycles. The molecule has 0 bridgehead atoms. The molecule has 18 heavy (non-hydrogen) atoms. The van der Waals surface area contributed by atoms with Crippen LogP contribution in [0.4, 0.5) is 0 Å². The van der Waals surface area contributed by atoms with E-state index in [0.717, 1.165) is 21.7 Å². The van der Waals surface area contributed by atoms with Crippen molar-refractivity contribution in [2.24, 2.45) is 7.05 Å². The Morgan fingerprint density at radius 3 is 2.78 bits per heavy atom. The smallest absolute Gasteiger partial charge is 0.158 e. The lowest BCUT2D eigenvalue weighted by atomic mass is 10.2. The molecule has 0 fully saturated rings. The third-order valence-corrected chi connectivity index (χ3v) is 3.89. The molecule has 6 nitrogen and oxygen atoms in total. The van der Waals surface area contributed by atoms with Crippen molar-refractivity contribution >= 4 is 33.0 Å². The van der Waals surface area contributed by atoms with Gasteiger partial charge in [0.05, 0.1) is 11.8 Å². The van der Waals surface area contributed by atoms with Gasteiger partial charge in [0, 0.05) is 7.05 Å². The van der Waals surface area contributed by atoms with Gasteiger partial charge >= 0.3 is 0 Å². The molecule has 3 aromatic heterocycles. The Balaban J connectivity index is 2.40. The lowest BCUT2D eigenvalue weighted by molar-refractivity contribution is 0.750. The van der Waals surface area contributed by atoms with Gasteiger partial charge in [0.15, 0.2) is 5.15 Å². The summed E-state index contributed by atoms with van der Waals surface area (Å²) in [5, 5.41) is 8.69. The molecule has 0 saturated heterocycles. The molecule has 0 N–H and O–H groups in total. The monoisotopic (exact) mass is 326 g/mol. The lowest BCUT2D eigenvalue weighted by Crippen LogP contribution is -1.95. The number of hydrogen-bond donors (Lipinski definition) is 0. The quantitative estimate of drug-likeness (QED) is 0.688. The Bertz CT molecular complexity index is 746. The van der Waals surface area contributed by atoms with Crippen LogP contribution >= 0.6 is 27.5 Å². The van der Waals surface area contributed by atoms with E-state index in [1.54, 1.807) is 15.4 Å². The number of hydrogen-bond acceptors (Lipinski definition) is 4. The van der Waals surface area contributed by atoms with Crippen molar-refractivity contribution in [2.45, 2.75) is 6.92 Å². The van der Waals surface area contributed by atoms with E-state index in [2.05, 4.69) is 36.1 Å². The molecule has 0 aliphatic heterocycles. The second kappa shape index (κ2) is 4.03. The molecule has 0 aromatic carbocycles. The van der Waals surface area contributed by atoms with E-state index >= 15 is 0 Å². The summed E-state index contributed by atoms with van der Waals surface area (Å²) in [5.41, 5.74) is 2.27. The summed E-state index contributed by atoms with van der Waals surface area (Å²) in [5.74, 6) is 0.750. The molecule has 3 rings (SSSR count). The van der Waals surface area contributed by atoms with Crippen LogP contribution in [0.2, 0.25) is 5.15 Å². The Morgan fingerprint density at radius 1 is 1.33 bits per heavy atom. The standard InChI is InChI=1S/C10H8BrClN6/c1-5-16-7(6-3-14-17(2)9(6)11)8-10(12)13-4-15-18(5)8/h3-4H,1-2H3. The fourth-order valence-corrected chi connectivity index (χ4v) is 2.40. The fraction of sp³-hybridized carbons (Fsp3) is 0.200. The zero-order valence-corrected chi connectivity index (χ0v) is 11.9. The molecule has 0 radical (unpaired) electrons. The van der Waals surface area contributed by atoms with Gasteiger partial charge in [-0.2, -0.15) is 10.2 Å². The highest BCUT2D eigenvalue weighted by Crippen LogP contribution is 2.32. The summed E-state index contributed by atoms with van der Waals surface area (Å²) in [4.78, 5) is 8.48. The van der Waals surface area contributed by atoms with Gasteiger partial charge in [0.1, 0.15) is 28.0 Å². The summed E-state index contributed by atoms with van der Waals surface area (Å²) >= 11 is 9.60. The highest BCUT2D eigenvalue weighted by molar-refractivity contribution is 9.10. The van der Waals surface area contributed by atoms with Gasteiger partial charge in [0.2, 0.25) is 0 Å². The van der Waals surface area contributed by atoms with E-state index in [1.807, 2.05) is 14.0 Å². The van der Waals surface area contributed by atoms with Crippen molar-refractivity contribution in [3.05, 3.63) is 28.1 Å². The number of halogens is 2. The summed E-state index contributed by atoms with van der Waals surface area (Å²) in [7, 11) is 1.84. The van der Waals surface area contributed by atoms with E-state index in [-0.39, 0.29) is 0 Å². The number of fused-ring (bicyclic) bond motifs is 1. The predicted octanol–water partition coefficient (Wildman–Crippen LogP) is 2.25. The van der Waals surface area contributed by atoms with Gasteiger partial charge < -0.3 is 0 Å². The van der Waals surface area contributed by atoms with Crippen LogP contribution in [0.15, 0.2) is 17.1 Å². The van der Waals surface area contributed by atoms with Crippen LogP contribution in [0, 0.1) is 6.92 Å². The van der Waals surface area contributed by atoms with Crippen LogP contribution in [-0.4, -0.2) is 29.4 Å². The van der Waals surface area contributed by atoms with Crippen LogP contribution in [-0.2, 0) is 7.05 Å². The van der Waals surface area contributed by atoms with E-state index in [9.17, 15) is 0 Å². The second-order valence-corrected chi connectivity index (χ2v) is 4.90. The first-order valence-corrected chi connectivity index (χ1v) is 6.30. The van der Waals surface area contributed by atoms with Gasteiger partial charge in [-0.05, 0) is 22.9 Å². The molecule has 0 aliphatic rings. The highest BCUT2D eigenvalue weighted by Gasteiger charge is 2.19. The molecule has 3 heterocycles. The van der Waals surface area contributed by atoms with Gasteiger partial charge in [-0.1, -0.05) is 11.6 Å². The molecular formula is C10H8BrClN6. The van der Waals surface area contributed by atoms with Gasteiger partial charge in [0.25, 0.3) is 0 Å². The molecule has 0 spiro atoms. The molecule has 3 aromatic rings. The summed E-state index contributed by atoms with van der Waals surface area (Å²) < 4.78 is 4.22. The first kappa shape index (κ1) is 11.6. The van der Waals surface area contributed by atoms with Gasteiger partial charge in [-0.15, -0.1) is 0 Å². The average Bonchev–Trinajstić information content (AvgIpc) is 2.84. The van der Waals surface area contributed by atoms with Gasteiger partial charge in [-0.3, -0.25) is 4.68 Å². The van der Waals surface area contributed by atoms with Crippen molar-refractivity contribution in [3.63, 3.8) is 0 Å². The fourth-order valence-electron chi connectivity index (χ4n) is 1.81. The summed E-state index contributed by atoms with van der Waals surface area (Å²) in [6.07, 6.45) is 3.14. The maximum absolute atomic E-state index is 6.13. The molecule has 0 aliphatic carbocycles. The van der Waals surface area contributed by atoms with Crippen LogP contribution in [0.3, 0.4) is 0 Å². The number of nitrogens with zero attached hydrogens (tertiary/aromatic N) is 6. The second-order valence-electron chi connectivity index (χ2n) is 3.79. The normalized spacial score (nSPS) is 11.3. The number of aryl methyl sites for hydroxylation is 2. The molecule has 8 heteroatoms. The minimum absolute atomic E-state index is 0.372. The zero-order valence-electron chi connectivity index (χ0n) is 9.59. The molecule has 0 atom stereocenters. The predicted molar refractivity (Wildman–Crippen MR) is 70.4 cm³/mol. The Labute approximate surface area is 116 Å². The SMILES string of the molecule is Cc1nc(-c2cnn(C)c2Br)c2c(Cl)ncnn12. The van der Waals surface area contributed by atoms with E-state index in [1.165, 1.54) is 6.33 Å². The molecule has 0 amide bonds. The van der Waals surface area contributed by atoms with E-state index in [0.29, 0.717) is 10.7 Å². The Hall–Kier alpha value is -1.47. The van der Waals surface area contributed by atoms with Crippen LogP contribution in [0.25, 0.3) is 16.8 Å². The lowest BCUT2D eigenvalue weighted by Gasteiger charge is -1.98. The highest BCUT2D eigenvalue weighted by atomic mass is 79.9. The third kappa shape index (κ3) is 1.54. The number of imidazole rings is 1. The minimum Gasteiger partial charge on any atom is -0.261 e. The van der Waals surface area contributed by atoms with Crippen LogP contribution in [0.5, 0.6) is 0 Å². The maximum Gasteiger partial charge on any atom is 0.158 e. The van der Waals surface area contributed by atoms with Gasteiger partial charge in [-0.25, -0.2) is 14.5 Å². The summed E-state index contributed by atoms with van der Waals surface area (Å²) in [6.45, 7) is 1.87. The van der Waals surface area contributed by atoms with Crippen molar-refractivity contribution in [3.8, 4) is 11.3 Å². The van der Waals surface area contributed by atoms with E-state index in [4.69, 9.17) is 11.6 Å². The van der Waals surface area contributed by atoms with E-state index < -0.39 is 0 Å². The van der Waals surface area contributed by atoms with Crippen molar-refractivity contribution in [2.75, 3.05) is 0 Å². The maximum atomic E-state index is 6.13. The number of rotatable bonds is 1. The van der Waals surface area contributed by atoms with Crippen LogP contribution < -0.4 is 0 Å². The molecular weight excluding hydrogens is 320 g/mol. The third-order valence-electron chi connectivity index (χ3n) is 2.67. The van der Waals surface area contributed by atoms with Crippen molar-refractivity contribution < 1.29 is 0 Å². The first-order valence-electron chi connectivity index (χ1n) is 5.13. The number of aromatic nitrogens is 6. The summed E-state index contributed by atoms with van der Waals surface area (Å²) in [6, 6.07) is 0.